The van der Waals surface area contributed by atoms with Crippen molar-refractivity contribution in [2.75, 3.05) is 12.3 Å². The number of aromatic nitrogens is 4. The lowest BCUT2D eigenvalue weighted by Gasteiger charge is -2.29. The third kappa shape index (κ3) is 1.99. The molecule has 0 unspecified atom stereocenters. The molecule has 1 aliphatic heterocycles. The molecule has 0 fully saturated rings. The van der Waals surface area contributed by atoms with E-state index in [9.17, 15) is 0 Å². The molecular formula is C16H20N6. The number of imidazole rings is 1. The van der Waals surface area contributed by atoms with Gasteiger partial charge < -0.3 is 10.7 Å². The van der Waals surface area contributed by atoms with Crippen molar-refractivity contribution in [2.45, 2.75) is 32.9 Å². The van der Waals surface area contributed by atoms with Crippen molar-refractivity contribution in [1.29, 1.82) is 0 Å². The number of nitrogens with zero attached hydrogens (tertiary/aromatic N) is 4. The second-order valence-corrected chi connectivity index (χ2v) is 6.11. The maximum atomic E-state index is 6.35. The number of nitrogens with two attached hydrogens (primary N) is 1. The molecule has 0 saturated heterocycles. The Bertz CT molecular complexity index is 795. The molecule has 22 heavy (non-hydrogen) atoms. The van der Waals surface area contributed by atoms with Gasteiger partial charge in [0.15, 0.2) is 0 Å². The summed E-state index contributed by atoms with van der Waals surface area (Å²) in [6.07, 6.45) is 0.935. The Labute approximate surface area is 128 Å². The van der Waals surface area contributed by atoms with Crippen molar-refractivity contribution in [3.63, 3.8) is 0 Å². The Hall–Kier alpha value is -2.34. The summed E-state index contributed by atoms with van der Waals surface area (Å²) in [7, 11) is 0. The van der Waals surface area contributed by atoms with E-state index in [1.807, 2.05) is 24.3 Å². The van der Waals surface area contributed by atoms with Crippen LogP contribution in [0.25, 0.3) is 17.0 Å². The van der Waals surface area contributed by atoms with E-state index >= 15 is 0 Å². The smallest absolute Gasteiger partial charge is 0.231 e. The van der Waals surface area contributed by atoms with Gasteiger partial charge in [-0.1, -0.05) is 12.1 Å². The molecule has 1 aliphatic rings. The number of nitrogen functional groups attached to an aromatic ring is 1. The second-order valence-electron chi connectivity index (χ2n) is 6.11. The van der Waals surface area contributed by atoms with Gasteiger partial charge in [0.05, 0.1) is 16.7 Å². The Balaban J connectivity index is 1.77. The van der Waals surface area contributed by atoms with Gasteiger partial charge in [0.1, 0.15) is 5.82 Å². The molecule has 0 bridgehead atoms. The van der Waals surface area contributed by atoms with Crippen molar-refractivity contribution in [3.05, 3.63) is 35.5 Å². The number of fused-ring (bicyclic) bond motifs is 2. The van der Waals surface area contributed by atoms with Gasteiger partial charge in [-0.05, 0) is 26.0 Å². The van der Waals surface area contributed by atoms with Gasteiger partial charge >= 0.3 is 0 Å². The van der Waals surface area contributed by atoms with Crippen LogP contribution in [-0.2, 0) is 13.0 Å². The van der Waals surface area contributed by atoms with E-state index in [0.29, 0.717) is 17.8 Å². The third-order valence-corrected chi connectivity index (χ3v) is 4.41. The number of nitrogens with one attached hydrogen (secondary N) is 1. The molecule has 3 N–H and O–H groups in total. The summed E-state index contributed by atoms with van der Waals surface area (Å²) in [5.74, 6) is 1.38. The lowest BCUT2D eigenvalue weighted by molar-refractivity contribution is 0.203. The van der Waals surface area contributed by atoms with E-state index in [1.54, 1.807) is 4.68 Å². The first-order valence-corrected chi connectivity index (χ1v) is 7.69. The molecule has 0 saturated carbocycles. The number of hydrogen-bond donors (Lipinski definition) is 2. The Morgan fingerprint density at radius 3 is 2.86 bits per heavy atom. The van der Waals surface area contributed by atoms with Crippen LogP contribution in [0.2, 0.25) is 0 Å². The van der Waals surface area contributed by atoms with Crippen LogP contribution >= 0.6 is 0 Å². The van der Waals surface area contributed by atoms with E-state index in [4.69, 9.17) is 5.73 Å². The highest BCUT2D eigenvalue weighted by Crippen LogP contribution is 2.27. The number of hydrogen-bond acceptors (Lipinski definition) is 4. The zero-order chi connectivity index (χ0) is 15.3. The van der Waals surface area contributed by atoms with Crippen LogP contribution in [0.15, 0.2) is 24.3 Å². The van der Waals surface area contributed by atoms with Crippen molar-refractivity contribution >= 4 is 16.9 Å². The fourth-order valence-corrected chi connectivity index (χ4v) is 3.06. The summed E-state index contributed by atoms with van der Waals surface area (Å²) >= 11 is 0. The van der Waals surface area contributed by atoms with E-state index in [1.165, 1.54) is 0 Å². The maximum absolute atomic E-state index is 6.35. The Kier molecular flexibility index (Phi) is 2.94. The quantitative estimate of drug-likeness (QED) is 0.759. The van der Waals surface area contributed by atoms with Gasteiger partial charge in [-0.25, -0.2) is 4.98 Å². The summed E-state index contributed by atoms with van der Waals surface area (Å²) in [5, 5.41) is 4.68. The monoisotopic (exact) mass is 296 g/mol. The summed E-state index contributed by atoms with van der Waals surface area (Å²) in [5.41, 5.74) is 10.5. The second kappa shape index (κ2) is 4.84. The molecule has 0 aliphatic carbocycles. The highest BCUT2D eigenvalue weighted by molar-refractivity contribution is 5.76. The van der Waals surface area contributed by atoms with E-state index in [0.717, 1.165) is 41.8 Å². The van der Waals surface area contributed by atoms with E-state index in [-0.39, 0.29) is 0 Å². The first kappa shape index (κ1) is 13.3. The summed E-state index contributed by atoms with van der Waals surface area (Å²) in [4.78, 5) is 10.3. The molecule has 0 radical (unpaired) electrons. The van der Waals surface area contributed by atoms with E-state index in [2.05, 4.69) is 33.8 Å². The first-order chi connectivity index (χ1) is 10.6. The van der Waals surface area contributed by atoms with Crippen LogP contribution < -0.4 is 5.73 Å². The molecule has 114 valence electrons. The summed E-state index contributed by atoms with van der Waals surface area (Å²) < 4.78 is 1.74. The zero-order valence-electron chi connectivity index (χ0n) is 12.9. The Morgan fingerprint density at radius 2 is 2.09 bits per heavy atom. The van der Waals surface area contributed by atoms with Crippen LogP contribution in [0.3, 0.4) is 0 Å². The predicted molar refractivity (Wildman–Crippen MR) is 86.9 cm³/mol. The van der Waals surface area contributed by atoms with Crippen LogP contribution in [0.1, 0.15) is 25.1 Å². The number of aromatic amines is 1. The van der Waals surface area contributed by atoms with Crippen LogP contribution in [0, 0.1) is 0 Å². The van der Waals surface area contributed by atoms with Crippen LogP contribution in [-0.4, -0.2) is 37.2 Å². The topological polar surface area (TPSA) is 75.8 Å². The minimum Gasteiger partial charge on any atom is -0.383 e. The van der Waals surface area contributed by atoms with Gasteiger partial charge in [0.2, 0.25) is 5.95 Å². The minimum atomic E-state index is 0.516. The van der Waals surface area contributed by atoms with Crippen LogP contribution in [0.4, 0.5) is 5.82 Å². The molecule has 2 aromatic heterocycles. The summed E-state index contributed by atoms with van der Waals surface area (Å²) in [6, 6.07) is 8.47. The molecule has 3 aromatic rings. The lowest BCUT2D eigenvalue weighted by Crippen LogP contribution is -2.35. The van der Waals surface area contributed by atoms with Crippen molar-refractivity contribution in [2.24, 2.45) is 0 Å². The van der Waals surface area contributed by atoms with Crippen molar-refractivity contribution in [1.82, 2.24) is 24.6 Å². The van der Waals surface area contributed by atoms with Gasteiger partial charge in [-0.3, -0.25) is 4.90 Å². The number of rotatable bonds is 2. The van der Waals surface area contributed by atoms with Gasteiger partial charge in [-0.15, -0.1) is 0 Å². The van der Waals surface area contributed by atoms with Crippen molar-refractivity contribution in [3.8, 4) is 5.95 Å². The maximum Gasteiger partial charge on any atom is 0.231 e. The van der Waals surface area contributed by atoms with E-state index < -0.39 is 0 Å². The molecule has 6 heteroatoms. The van der Waals surface area contributed by atoms with Gasteiger partial charge in [-0.2, -0.15) is 9.78 Å². The average molecular weight is 296 g/mol. The molecule has 0 amide bonds. The molecule has 1 aromatic carbocycles. The fourth-order valence-electron chi connectivity index (χ4n) is 3.06. The third-order valence-electron chi connectivity index (χ3n) is 4.41. The summed E-state index contributed by atoms with van der Waals surface area (Å²) in [6.45, 7) is 6.32. The SMILES string of the molecule is CC(C)N1CCc2nn(-c3nc4ccccc4[nH]3)c(N)c2C1. The molecule has 6 nitrogen and oxygen atoms in total. The van der Waals surface area contributed by atoms with Crippen molar-refractivity contribution < 1.29 is 0 Å². The molecule has 3 heterocycles. The largest absolute Gasteiger partial charge is 0.383 e. The van der Waals surface area contributed by atoms with Crippen LogP contribution in [0.5, 0.6) is 0 Å². The average Bonchev–Trinajstić information content (AvgIpc) is 3.08. The molecule has 0 spiro atoms. The lowest BCUT2D eigenvalue weighted by atomic mass is 10.1. The number of benzene rings is 1. The van der Waals surface area contributed by atoms with Gasteiger partial charge in [0, 0.05) is 31.1 Å². The first-order valence-electron chi connectivity index (χ1n) is 7.69. The highest BCUT2D eigenvalue weighted by atomic mass is 15.4. The molecule has 0 atom stereocenters. The molecular weight excluding hydrogens is 276 g/mol. The Morgan fingerprint density at radius 1 is 1.27 bits per heavy atom. The zero-order valence-corrected chi connectivity index (χ0v) is 12.9. The normalized spacial score (nSPS) is 15.6. The number of para-hydroxylation sites is 2. The predicted octanol–water partition coefficient (Wildman–Crippen LogP) is 2.10. The number of H-pyrrole nitrogens is 1. The number of anilines is 1. The van der Waals surface area contributed by atoms with Gasteiger partial charge in [0.25, 0.3) is 0 Å². The molecule has 4 rings (SSSR count). The standard InChI is InChI=1S/C16H20N6/c1-10(2)21-8-7-12-11(9-21)15(17)22(20-12)16-18-13-5-3-4-6-14(13)19-16/h3-6,10H,7-9,17H2,1-2H3,(H,18,19). The minimum absolute atomic E-state index is 0.516. The fraction of sp³-hybridized carbons (Fsp3) is 0.375. The highest BCUT2D eigenvalue weighted by Gasteiger charge is 2.25.